The lowest BCUT2D eigenvalue weighted by Gasteiger charge is -2.10. The third-order valence-electron chi connectivity index (χ3n) is 2.07. The molecular formula is C11H12ClF3N2O. The first kappa shape index (κ1) is 14.8. The van der Waals surface area contributed by atoms with E-state index in [9.17, 15) is 18.0 Å². The van der Waals surface area contributed by atoms with Gasteiger partial charge in [0.25, 0.3) is 0 Å². The van der Waals surface area contributed by atoms with Crippen LogP contribution >= 0.6 is 11.6 Å². The summed E-state index contributed by atoms with van der Waals surface area (Å²) in [5.74, 6) is -0.537. The van der Waals surface area contributed by atoms with Crippen LogP contribution < -0.4 is 10.6 Å². The molecule has 0 aromatic heterocycles. The molecule has 0 aliphatic heterocycles. The highest BCUT2D eigenvalue weighted by Gasteiger charge is 2.26. The molecule has 1 amide bonds. The van der Waals surface area contributed by atoms with Crippen LogP contribution in [0.1, 0.15) is 5.56 Å². The molecule has 0 saturated heterocycles. The zero-order valence-corrected chi connectivity index (χ0v) is 10.3. The Balaban J connectivity index is 2.45. The first-order valence-electron chi connectivity index (χ1n) is 5.11. The summed E-state index contributed by atoms with van der Waals surface area (Å²) < 4.78 is 35.5. The number of halogens is 4. The first-order chi connectivity index (χ1) is 8.28. The summed E-state index contributed by atoms with van der Waals surface area (Å²) in [6.07, 6.45) is -4.32. The highest BCUT2D eigenvalue weighted by molar-refractivity contribution is 6.30. The van der Waals surface area contributed by atoms with Crippen molar-refractivity contribution in [2.24, 2.45) is 0 Å². The SMILES string of the molecule is Cc1cc(Cl)ccc1NC(=O)CNCC(F)(F)F. The molecule has 0 fully saturated rings. The van der Waals surface area contributed by atoms with Crippen molar-refractivity contribution in [3.8, 4) is 0 Å². The fourth-order valence-electron chi connectivity index (χ4n) is 1.28. The van der Waals surface area contributed by atoms with Crippen LogP contribution in [0.25, 0.3) is 0 Å². The maximum absolute atomic E-state index is 11.8. The third kappa shape index (κ3) is 5.37. The Labute approximate surface area is 107 Å². The van der Waals surface area contributed by atoms with E-state index in [1.807, 2.05) is 5.32 Å². The van der Waals surface area contributed by atoms with Crippen molar-refractivity contribution in [3.05, 3.63) is 28.8 Å². The zero-order chi connectivity index (χ0) is 13.8. The van der Waals surface area contributed by atoms with Gasteiger partial charge in [-0.15, -0.1) is 0 Å². The van der Waals surface area contributed by atoms with Crippen molar-refractivity contribution in [1.29, 1.82) is 0 Å². The lowest BCUT2D eigenvalue weighted by molar-refractivity contribution is -0.126. The Morgan fingerprint density at radius 2 is 2.06 bits per heavy atom. The van der Waals surface area contributed by atoms with Crippen molar-refractivity contribution in [2.45, 2.75) is 13.1 Å². The van der Waals surface area contributed by atoms with E-state index in [4.69, 9.17) is 11.6 Å². The van der Waals surface area contributed by atoms with Gasteiger partial charge in [0.1, 0.15) is 0 Å². The van der Waals surface area contributed by atoms with Gasteiger partial charge in [-0.05, 0) is 30.7 Å². The quantitative estimate of drug-likeness (QED) is 0.890. The van der Waals surface area contributed by atoms with Crippen LogP contribution in [0.4, 0.5) is 18.9 Å². The Bertz CT molecular complexity index is 435. The largest absolute Gasteiger partial charge is 0.401 e. The summed E-state index contributed by atoms with van der Waals surface area (Å²) in [6.45, 7) is 0.145. The molecule has 1 aromatic carbocycles. The summed E-state index contributed by atoms with van der Waals surface area (Å²) >= 11 is 5.74. The van der Waals surface area contributed by atoms with Gasteiger partial charge in [-0.2, -0.15) is 13.2 Å². The number of amides is 1. The topological polar surface area (TPSA) is 41.1 Å². The van der Waals surface area contributed by atoms with Crippen LogP contribution in [0.5, 0.6) is 0 Å². The molecule has 0 spiro atoms. The lowest BCUT2D eigenvalue weighted by Crippen LogP contribution is -2.35. The smallest absolute Gasteiger partial charge is 0.325 e. The molecule has 0 atom stereocenters. The summed E-state index contributed by atoms with van der Waals surface area (Å²) in [5, 5.41) is 5.04. The second kappa shape index (κ2) is 6.06. The van der Waals surface area contributed by atoms with Crippen molar-refractivity contribution in [2.75, 3.05) is 18.4 Å². The van der Waals surface area contributed by atoms with Crippen LogP contribution in [-0.2, 0) is 4.79 Å². The van der Waals surface area contributed by atoms with Gasteiger partial charge in [-0.1, -0.05) is 11.6 Å². The minimum absolute atomic E-state index is 0.401. The maximum atomic E-state index is 11.8. The van der Waals surface area contributed by atoms with Crippen molar-refractivity contribution >= 4 is 23.2 Å². The molecule has 18 heavy (non-hydrogen) atoms. The molecule has 0 aliphatic rings. The van der Waals surface area contributed by atoms with E-state index in [0.29, 0.717) is 10.7 Å². The molecule has 100 valence electrons. The number of alkyl halides is 3. The average Bonchev–Trinajstić information content (AvgIpc) is 2.20. The average molecular weight is 281 g/mol. The fraction of sp³-hybridized carbons (Fsp3) is 0.364. The van der Waals surface area contributed by atoms with Crippen LogP contribution in [0.2, 0.25) is 5.02 Å². The van der Waals surface area contributed by atoms with Gasteiger partial charge < -0.3 is 10.6 Å². The van der Waals surface area contributed by atoms with E-state index in [-0.39, 0.29) is 0 Å². The first-order valence-corrected chi connectivity index (χ1v) is 5.49. The number of hydrogen-bond donors (Lipinski definition) is 2. The molecule has 0 heterocycles. The van der Waals surface area contributed by atoms with E-state index < -0.39 is 25.2 Å². The van der Waals surface area contributed by atoms with Crippen molar-refractivity contribution in [3.63, 3.8) is 0 Å². The number of carbonyl (C=O) groups is 1. The molecule has 1 aromatic rings. The van der Waals surface area contributed by atoms with Gasteiger partial charge in [-0.25, -0.2) is 0 Å². The summed E-state index contributed by atoms with van der Waals surface area (Å²) in [6, 6.07) is 4.84. The van der Waals surface area contributed by atoms with Gasteiger partial charge in [0, 0.05) is 10.7 Å². The highest BCUT2D eigenvalue weighted by Crippen LogP contribution is 2.19. The molecule has 2 N–H and O–H groups in total. The van der Waals surface area contributed by atoms with Gasteiger partial charge in [0.15, 0.2) is 0 Å². The number of nitrogens with one attached hydrogen (secondary N) is 2. The Morgan fingerprint density at radius 3 is 2.61 bits per heavy atom. The molecule has 1 rings (SSSR count). The summed E-state index contributed by atoms with van der Waals surface area (Å²) in [4.78, 5) is 11.4. The number of hydrogen-bond acceptors (Lipinski definition) is 2. The van der Waals surface area contributed by atoms with E-state index in [1.54, 1.807) is 25.1 Å². The zero-order valence-electron chi connectivity index (χ0n) is 9.57. The fourth-order valence-corrected chi connectivity index (χ4v) is 1.51. The molecule has 0 bridgehead atoms. The summed E-state index contributed by atoms with van der Waals surface area (Å²) in [7, 11) is 0. The monoisotopic (exact) mass is 280 g/mol. The van der Waals surface area contributed by atoms with E-state index in [0.717, 1.165) is 5.56 Å². The van der Waals surface area contributed by atoms with E-state index >= 15 is 0 Å². The number of benzene rings is 1. The molecule has 0 radical (unpaired) electrons. The number of rotatable bonds is 4. The van der Waals surface area contributed by atoms with E-state index in [2.05, 4.69) is 5.32 Å². The normalized spacial score (nSPS) is 11.4. The standard InChI is InChI=1S/C11H12ClF3N2O/c1-7-4-8(12)2-3-9(7)17-10(18)5-16-6-11(13,14)15/h2-4,16H,5-6H2,1H3,(H,17,18). The number of aryl methyl sites for hydroxylation is 1. The van der Waals surface area contributed by atoms with Crippen molar-refractivity contribution < 1.29 is 18.0 Å². The molecule has 3 nitrogen and oxygen atoms in total. The number of carbonyl (C=O) groups excluding carboxylic acids is 1. The highest BCUT2D eigenvalue weighted by atomic mass is 35.5. The van der Waals surface area contributed by atoms with Gasteiger partial charge in [-0.3, -0.25) is 4.79 Å². The Morgan fingerprint density at radius 1 is 1.39 bits per heavy atom. The Hall–Kier alpha value is -1.27. The van der Waals surface area contributed by atoms with Gasteiger partial charge >= 0.3 is 6.18 Å². The summed E-state index contributed by atoms with van der Waals surface area (Å²) in [5.41, 5.74) is 1.27. The molecule has 0 saturated carbocycles. The van der Waals surface area contributed by atoms with Crippen LogP contribution in [-0.4, -0.2) is 25.2 Å². The van der Waals surface area contributed by atoms with Crippen LogP contribution in [0.3, 0.4) is 0 Å². The number of anilines is 1. The molecule has 0 aliphatic carbocycles. The van der Waals surface area contributed by atoms with Gasteiger partial charge in [0.05, 0.1) is 13.1 Å². The minimum Gasteiger partial charge on any atom is -0.325 e. The molecule has 7 heteroatoms. The lowest BCUT2D eigenvalue weighted by atomic mass is 10.2. The predicted molar refractivity (Wildman–Crippen MR) is 63.7 cm³/mol. The minimum atomic E-state index is -4.32. The Kier molecular flexibility index (Phi) is 4.98. The third-order valence-corrected chi connectivity index (χ3v) is 2.31. The van der Waals surface area contributed by atoms with Gasteiger partial charge in [0.2, 0.25) is 5.91 Å². The molecular weight excluding hydrogens is 269 g/mol. The second-order valence-electron chi connectivity index (χ2n) is 3.73. The van der Waals surface area contributed by atoms with Crippen LogP contribution in [0.15, 0.2) is 18.2 Å². The predicted octanol–water partition coefficient (Wildman–Crippen LogP) is 2.74. The maximum Gasteiger partial charge on any atom is 0.401 e. The van der Waals surface area contributed by atoms with Crippen LogP contribution in [0, 0.1) is 6.92 Å². The molecule has 0 unspecified atom stereocenters. The van der Waals surface area contributed by atoms with E-state index in [1.165, 1.54) is 0 Å². The second-order valence-corrected chi connectivity index (χ2v) is 4.16. The van der Waals surface area contributed by atoms with Crippen molar-refractivity contribution in [1.82, 2.24) is 5.32 Å².